The van der Waals surface area contributed by atoms with Gasteiger partial charge in [0.1, 0.15) is 5.75 Å². The molecule has 194 valence electrons. The van der Waals surface area contributed by atoms with Gasteiger partial charge in [-0.3, -0.25) is 14.1 Å². The Hall–Kier alpha value is -3.16. The van der Waals surface area contributed by atoms with Gasteiger partial charge in [0.2, 0.25) is 0 Å². The number of aryl methyl sites for hydroxylation is 1. The van der Waals surface area contributed by atoms with E-state index in [4.69, 9.17) is 9.47 Å². The van der Waals surface area contributed by atoms with Crippen molar-refractivity contribution < 1.29 is 9.47 Å². The van der Waals surface area contributed by atoms with Gasteiger partial charge in [0.05, 0.1) is 29.4 Å². The number of hydrogen-bond acceptors (Lipinski definition) is 5. The van der Waals surface area contributed by atoms with Crippen LogP contribution in [0.25, 0.3) is 33.1 Å². The van der Waals surface area contributed by atoms with Crippen LogP contribution in [-0.2, 0) is 11.8 Å². The van der Waals surface area contributed by atoms with Crippen LogP contribution in [-0.4, -0.2) is 58.5 Å². The van der Waals surface area contributed by atoms with Crippen LogP contribution in [0.4, 0.5) is 0 Å². The van der Waals surface area contributed by atoms with Crippen molar-refractivity contribution in [1.29, 1.82) is 0 Å². The van der Waals surface area contributed by atoms with Crippen LogP contribution in [0, 0.1) is 0 Å². The Morgan fingerprint density at radius 1 is 1.00 bits per heavy atom. The maximum absolute atomic E-state index is 13.3. The molecule has 0 amide bonds. The van der Waals surface area contributed by atoms with E-state index in [9.17, 15) is 4.79 Å². The van der Waals surface area contributed by atoms with Crippen molar-refractivity contribution in [3.05, 3.63) is 59.1 Å². The fraction of sp³-hybridized carbons (Fsp3) is 0.467. The fourth-order valence-corrected chi connectivity index (χ4v) is 5.89. The van der Waals surface area contributed by atoms with Crippen molar-refractivity contribution in [1.82, 2.24) is 19.0 Å². The Morgan fingerprint density at radius 3 is 2.54 bits per heavy atom. The first kappa shape index (κ1) is 24.2. The first-order chi connectivity index (χ1) is 18.2. The molecule has 2 saturated heterocycles. The molecule has 0 spiro atoms. The van der Waals surface area contributed by atoms with Gasteiger partial charge in [0.25, 0.3) is 0 Å². The van der Waals surface area contributed by atoms with Gasteiger partial charge < -0.3 is 14.4 Å². The maximum Gasteiger partial charge on any atom is 0.329 e. The quantitative estimate of drug-likeness (QED) is 0.328. The third kappa shape index (κ3) is 4.90. The van der Waals surface area contributed by atoms with Crippen LogP contribution >= 0.6 is 0 Å². The Balaban J connectivity index is 1.24. The second kappa shape index (κ2) is 10.7. The number of likely N-dealkylation sites (tertiary alicyclic amines) is 1. The fourth-order valence-electron chi connectivity index (χ4n) is 5.89. The molecule has 0 aliphatic carbocycles. The van der Waals surface area contributed by atoms with Gasteiger partial charge in [0.15, 0.2) is 0 Å². The lowest BCUT2D eigenvalue weighted by atomic mass is 10.0. The van der Waals surface area contributed by atoms with E-state index in [0.717, 1.165) is 71.2 Å². The van der Waals surface area contributed by atoms with Gasteiger partial charge in [0, 0.05) is 38.2 Å². The van der Waals surface area contributed by atoms with Crippen molar-refractivity contribution in [3.8, 4) is 16.9 Å². The van der Waals surface area contributed by atoms with Gasteiger partial charge in [-0.15, -0.1) is 0 Å². The third-order valence-electron chi connectivity index (χ3n) is 8.00. The molecular formula is C30H36N4O3. The smallest absolute Gasteiger partial charge is 0.329 e. The van der Waals surface area contributed by atoms with Crippen LogP contribution in [0.3, 0.4) is 0 Å². The molecule has 4 aromatic rings. The van der Waals surface area contributed by atoms with E-state index in [1.54, 1.807) is 4.57 Å². The summed E-state index contributed by atoms with van der Waals surface area (Å²) in [5.41, 5.74) is 4.98. The van der Waals surface area contributed by atoms with Gasteiger partial charge >= 0.3 is 5.69 Å². The van der Waals surface area contributed by atoms with Crippen LogP contribution in [0.15, 0.2) is 53.5 Å². The summed E-state index contributed by atoms with van der Waals surface area (Å²) in [6.07, 6.45) is 8.61. The lowest BCUT2D eigenvalue weighted by molar-refractivity contribution is 0.0697. The summed E-state index contributed by atoms with van der Waals surface area (Å²) in [4.78, 5) is 20.5. The molecule has 4 heterocycles. The standard InChI is InChI=1S/C30H36N4O3/c1-32-28-21-31-27-11-8-23(20-26(27)29(28)34(30(32)35)24-12-18-36-19-13-24)22-6-9-25(10-7-22)37-17-5-16-33-14-3-2-4-15-33/h6-11,20-21,24H,2-5,12-19H2,1H3. The lowest BCUT2D eigenvalue weighted by Crippen LogP contribution is -2.31. The molecule has 6 rings (SSSR count). The lowest BCUT2D eigenvalue weighted by Gasteiger charge is -2.26. The molecule has 0 N–H and O–H groups in total. The third-order valence-corrected chi connectivity index (χ3v) is 8.00. The van der Waals surface area contributed by atoms with Crippen LogP contribution in [0.1, 0.15) is 44.6 Å². The summed E-state index contributed by atoms with van der Waals surface area (Å²) in [6, 6.07) is 14.8. The molecule has 0 bridgehead atoms. The Kier molecular flexibility index (Phi) is 6.98. The predicted octanol–water partition coefficient (Wildman–Crippen LogP) is 5.16. The first-order valence-electron chi connectivity index (χ1n) is 13.7. The van der Waals surface area contributed by atoms with Crippen molar-refractivity contribution >= 4 is 21.9 Å². The van der Waals surface area contributed by atoms with Gasteiger partial charge in [-0.25, -0.2) is 4.79 Å². The summed E-state index contributed by atoms with van der Waals surface area (Å²) in [7, 11) is 1.84. The largest absolute Gasteiger partial charge is 0.494 e. The first-order valence-corrected chi connectivity index (χ1v) is 13.7. The van der Waals surface area contributed by atoms with Gasteiger partial charge in [-0.05, 0) is 80.6 Å². The normalized spacial score (nSPS) is 17.5. The molecule has 0 atom stereocenters. The maximum atomic E-state index is 13.3. The zero-order valence-electron chi connectivity index (χ0n) is 21.7. The molecule has 2 aromatic carbocycles. The number of pyridine rings is 1. The highest BCUT2D eigenvalue weighted by Crippen LogP contribution is 2.32. The van der Waals surface area contributed by atoms with E-state index < -0.39 is 0 Å². The molecular weight excluding hydrogens is 464 g/mol. The summed E-state index contributed by atoms with van der Waals surface area (Å²) in [5.74, 6) is 0.906. The van der Waals surface area contributed by atoms with Gasteiger partial charge in [-0.2, -0.15) is 0 Å². The average Bonchev–Trinajstić information content (AvgIpc) is 3.22. The molecule has 0 saturated carbocycles. The van der Waals surface area contributed by atoms with Gasteiger partial charge in [-0.1, -0.05) is 24.6 Å². The number of nitrogens with zero attached hydrogens (tertiary/aromatic N) is 4. The monoisotopic (exact) mass is 500 g/mol. The number of aromatic nitrogens is 3. The number of fused-ring (bicyclic) bond motifs is 3. The van der Waals surface area contributed by atoms with Crippen molar-refractivity contribution in [2.75, 3.05) is 39.5 Å². The van der Waals surface area contributed by atoms with E-state index in [1.807, 2.05) is 17.8 Å². The number of ether oxygens (including phenoxy) is 2. The molecule has 37 heavy (non-hydrogen) atoms. The zero-order chi connectivity index (χ0) is 25.2. The Bertz CT molecular complexity index is 1430. The van der Waals surface area contributed by atoms with E-state index in [0.29, 0.717) is 13.2 Å². The van der Waals surface area contributed by atoms with Crippen LogP contribution < -0.4 is 10.4 Å². The summed E-state index contributed by atoms with van der Waals surface area (Å²) < 4.78 is 15.3. The second-order valence-corrected chi connectivity index (χ2v) is 10.4. The van der Waals surface area contributed by atoms with Crippen molar-refractivity contribution in [2.45, 2.75) is 44.6 Å². The molecule has 2 fully saturated rings. The van der Waals surface area contributed by atoms with Crippen LogP contribution in [0.2, 0.25) is 0 Å². The SMILES string of the molecule is Cn1c(=O)n(C2CCOCC2)c2c3cc(-c4ccc(OCCCN5CCCCC5)cc4)ccc3ncc21. The topological polar surface area (TPSA) is 61.5 Å². The number of rotatable bonds is 7. The molecule has 2 aliphatic rings. The summed E-state index contributed by atoms with van der Waals surface area (Å²) in [6.45, 7) is 5.71. The molecule has 0 unspecified atom stereocenters. The minimum Gasteiger partial charge on any atom is -0.494 e. The van der Waals surface area contributed by atoms with Crippen molar-refractivity contribution in [3.63, 3.8) is 0 Å². The average molecular weight is 501 g/mol. The number of benzene rings is 2. The highest BCUT2D eigenvalue weighted by molar-refractivity contribution is 6.04. The number of piperidine rings is 1. The molecule has 2 aliphatic heterocycles. The molecule has 7 heteroatoms. The Morgan fingerprint density at radius 2 is 1.76 bits per heavy atom. The Labute approximate surface area is 217 Å². The summed E-state index contributed by atoms with van der Waals surface area (Å²) >= 11 is 0. The minimum atomic E-state index is 0.0170. The molecule has 0 radical (unpaired) electrons. The highest BCUT2D eigenvalue weighted by Gasteiger charge is 2.23. The predicted molar refractivity (Wildman–Crippen MR) is 147 cm³/mol. The van der Waals surface area contributed by atoms with E-state index in [-0.39, 0.29) is 11.7 Å². The van der Waals surface area contributed by atoms with Crippen LogP contribution in [0.5, 0.6) is 5.75 Å². The second-order valence-electron chi connectivity index (χ2n) is 10.4. The number of imidazole rings is 1. The van der Waals surface area contributed by atoms with E-state index in [1.165, 1.54) is 32.4 Å². The van der Waals surface area contributed by atoms with E-state index >= 15 is 0 Å². The molecule has 2 aromatic heterocycles. The minimum absolute atomic E-state index is 0.0170. The van der Waals surface area contributed by atoms with E-state index in [2.05, 4.69) is 52.3 Å². The highest BCUT2D eigenvalue weighted by atomic mass is 16.5. The summed E-state index contributed by atoms with van der Waals surface area (Å²) in [5, 5.41) is 1.01. The molecule has 7 nitrogen and oxygen atoms in total. The number of hydrogen-bond donors (Lipinski definition) is 0. The van der Waals surface area contributed by atoms with Crippen molar-refractivity contribution in [2.24, 2.45) is 7.05 Å². The zero-order valence-corrected chi connectivity index (χ0v) is 21.7.